The molecule has 1 amide bonds. The number of nitrogens with one attached hydrogen (secondary N) is 1. The molecule has 104 valence electrons. The monoisotopic (exact) mass is 255 g/mol. The quantitative estimate of drug-likeness (QED) is 0.652. The average molecular weight is 255 g/mol. The molecule has 2 atom stereocenters. The minimum atomic E-state index is -0.733. The highest BCUT2D eigenvalue weighted by Gasteiger charge is 2.41. The van der Waals surface area contributed by atoms with E-state index >= 15 is 0 Å². The van der Waals surface area contributed by atoms with E-state index in [0.29, 0.717) is 6.04 Å². The van der Waals surface area contributed by atoms with Crippen LogP contribution in [0.15, 0.2) is 0 Å². The van der Waals surface area contributed by atoms with Crippen molar-refractivity contribution >= 4 is 5.91 Å². The van der Waals surface area contributed by atoms with Crippen molar-refractivity contribution in [2.75, 3.05) is 19.6 Å². The lowest BCUT2D eigenvalue weighted by atomic mass is 9.87. The summed E-state index contributed by atoms with van der Waals surface area (Å²) in [7, 11) is 0. The van der Waals surface area contributed by atoms with E-state index < -0.39 is 5.60 Å². The van der Waals surface area contributed by atoms with Gasteiger partial charge in [-0.05, 0) is 32.7 Å². The molecule has 1 saturated heterocycles. The zero-order chi connectivity index (χ0) is 13.2. The van der Waals surface area contributed by atoms with Crippen LogP contribution in [0.4, 0.5) is 0 Å². The Bertz CT molecular complexity index is 301. The molecular formula is C13H25N3O2. The highest BCUT2D eigenvalue weighted by atomic mass is 16.3. The minimum Gasteiger partial charge on any atom is -0.388 e. The minimum absolute atomic E-state index is 0.0122. The molecule has 0 aromatic carbocycles. The van der Waals surface area contributed by atoms with Crippen LogP contribution in [0.5, 0.6) is 0 Å². The van der Waals surface area contributed by atoms with Crippen molar-refractivity contribution in [2.24, 2.45) is 5.73 Å². The molecule has 5 heteroatoms. The standard InChI is InChI=1S/C13H25N3O2/c1-13(18)6-7-15-8-11(13)16(9-12(14)17)10-4-2-3-5-10/h10-11,15,18H,2-9H2,1H3,(H2,14,17). The first-order valence-electron chi connectivity index (χ1n) is 6.98. The smallest absolute Gasteiger partial charge is 0.231 e. The zero-order valence-corrected chi connectivity index (χ0v) is 11.2. The van der Waals surface area contributed by atoms with Crippen LogP contribution in [-0.2, 0) is 4.79 Å². The van der Waals surface area contributed by atoms with Crippen LogP contribution in [0.3, 0.4) is 0 Å². The van der Waals surface area contributed by atoms with E-state index in [1.165, 1.54) is 12.8 Å². The summed E-state index contributed by atoms with van der Waals surface area (Å²) in [6, 6.07) is 0.385. The lowest BCUT2D eigenvalue weighted by Crippen LogP contribution is -2.63. The molecule has 0 aromatic heterocycles. The number of amides is 1. The van der Waals surface area contributed by atoms with Crippen molar-refractivity contribution in [2.45, 2.75) is 56.7 Å². The lowest BCUT2D eigenvalue weighted by Gasteiger charge is -2.46. The Hall–Kier alpha value is -0.650. The highest BCUT2D eigenvalue weighted by Crippen LogP contribution is 2.30. The third kappa shape index (κ3) is 3.02. The number of hydrogen-bond donors (Lipinski definition) is 3. The van der Waals surface area contributed by atoms with E-state index in [4.69, 9.17) is 5.73 Å². The lowest BCUT2D eigenvalue weighted by molar-refractivity contribution is -0.124. The summed E-state index contributed by atoms with van der Waals surface area (Å²) >= 11 is 0. The Morgan fingerprint density at radius 2 is 2.17 bits per heavy atom. The molecule has 1 aliphatic heterocycles. The summed E-state index contributed by atoms with van der Waals surface area (Å²) in [5.41, 5.74) is 4.64. The van der Waals surface area contributed by atoms with E-state index in [0.717, 1.165) is 32.4 Å². The van der Waals surface area contributed by atoms with Crippen LogP contribution in [0.2, 0.25) is 0 Å². The second kappa shape index (κ2) is 5.55. The Morgan fingerprint density at radius 1 is 1.50 bits per heavy atom. The maximum absolute atomic E-state index is 11.3. The van der Waals surface area contributed by atoms with Crippen molar-refractivity contribution in [3.63, 3.8) is 0 Å². The van der Waals surface area contributed by atoms with Gasteiger partial charge in [0.15, 0.2) is 0 Å². The maximum atomic E-state index is 11.3. The fraction of sp³-hybridized carbons (Fsp3) is 0.923. The van der Waals surface area contributed by atoms with Gasteiger partial charge in [-0.3, -0.25) is 9.69 Å². The van der Waals surface area contributed by atoms with Gasteiger partial charge in [0.2, 0.25) is 5.91 Å². The summed E-state index contributed by atoms with van der Waals surface area (Å²) in [4.78, 5) is 13.4. The van der Waals surface area contributed by atoms with Gasteiger partial charge in [-0.25, -0.2) is 0 Å². The van der Waals surface area contributed by atoms with Crippen LogP contribution < -0.4 is 11.1 Å². The molecule has 5 nitrogen and oxygen atoms in total. The molecule has 1 heterocycles. The third-order valence-corrected chi connectivity index (χ3v) is 4.40. The summed E-state index contributed by atoms with van der Waals surface area (Å²) in [6.07, 6.45) is 5.36. The molecule has 0 aromatic rings. The highest BCUT2D eigenvalue weighted by molar-refractivity contribution is 5.76. The largest absolute Gasteiger partial charge is 0.388 e. The van der Waals surface area contributed by atoms with Crippen LogP contribution in [0.25, 0.3) is 0 Å². The average Bonchev–Trinajstić information content (AvgIpc) is 2.79. The van der Waals surface area contributed by atoms with Crippen LogP contribution in [0, 0.1) is 0 Å². The van der Waals surface area contributed by atoms with Crippen LogP contribution in [0.1, 0.15) is 39.0 Å². The van der Waals surface area contributed by atoms with Gasteiger partial charge in [0.1, 0.15) is 0 Å². The molecule has 2 unspecified atom stereocenters. The summed E-state index contributed by atoms with van der Waals surface area (Å²) in [6.45, 7) is 3.70. The number of primary amides is 1. The van der Waals surface area contributed by atoms with Crippen LogP contribution in [-0.4, -0.2) is 53.2 Å². The van der Waals surface area contributed by atoms with E-state index in [1.54, 1.807) is 0 Å². The summed E-state index contributed by atoms with van der Waals surface area (Å²) in [5.74, 6) is -0.303. The van der Waals surface area contributed by atoms with E-state index in [2.05, 4.69) is 10.2 Å². The number of hydrogen-bond acceptors (Lipinski definition) is 4. The first-order valence-corrected chi connectivity index (χ1v) is 6.98. The number of carbonyl (C=O) groups is 1. The molecule has 2 aliphatic rings. The first-order chi connectivity index (χ1) is 8.50. The predicted molar refractivity (Wildman–Crippen MR) is 70.1 cm³/mol. The van der Waals surface area contributed by atoms with Gasteiger partial charge >= 0.3 is 0 Å². The van der Waals surface area contributed by atoms with Gasteiger partial charge in [-0.2, -0.15) is 0 Å². The fourth-order valence-electron chi connectivity index (χ4n) is 3.35. The molecule has 2 rings (SSSR count). The number of carbonyl (C=O) groups excluding carboxylic acids is 1. The molecule has 0 spiro atoms. The number of aliphatic hydroxyl groups is 1. The topological polar surface area (TPSA) is 78.6 Å². The molecule has 0 radical (unpaired) electrons. The molecule has 1 aliphatic carbocycles. The Kier molecular flexibility index (Phi) is 4.25. The Balaban J connectivity index is 2.13. The van der Waals surface area contributed by atoms with Gasteiger partial charge in [0, 0.05) is 12.6 Å². The van der Waals surface area contributed by atoms with Crippen LogP contribution >= 0.6 is 0 Å². The Morgan fingerprint density at radius 3 is 2.72 bits per heavy atom. The Labute approximate surface area is 109 Å². The number of piperidine rings is 1. The van der Waals surface area contributed by atoms with Gasteiger partial charge < -0.3 is 16.2 Å². The van der Waals surface area contributed by atoms with Crippen molar-refractivity contribution in [1.82, 2.24) is 10.2 Å². The zero-order valence-electron chi connectivity index (χ0n) is 11.2. The summed E-state index contributed by atoms with van der Waals surface area (Å²) in [5, 5.41) is 13.9. The van der Waals surface area contributed by atoms with Crippen molar-refractivity contribution < 1.29 is 9.90 Å². The molecule has 2 fully saturated rings. The molecule has 18 heavy (non-hydrogen) atoms. The van der Waals surface area contributed by atoms with Gasteiger partial charge in [0.05, 0.1) is 18.2 Å². The maximum Gasteiger partial charge on any atom is 0.231 e. The van der Waals surface area contributed by atoms with Crippen molar-refractivity contribution in [3.8, 4) is 0 Å². The van der Waals surface area contributed by atoms with E-state index in [-0.39, 0.29) is 18.5 Å². The van der Waals surface area contributed by atoms with E-state index in [1.807, 2.05) is 6.92 Å². The fourth-order valence-corrected chi connectivity index (χ4v) is 3.35. The first kappa shape index (κ1) is 13.8. The SMILES string of the molecule is CC1(O)CCNCC1N(CC(N)=O)C1CCCC1. The second-order valence-electron chi connectivity index (χ2n) is 5.90. The number of nitrogens with two attached hydrogens (primary N) is 1. The second-order valence-corrected chi connectivity index (χ2v) is 5.90. The van der Waals surface area contributed by atoms with Crippen molar-refractivity contribution in [1.29, 1.82) is 0 Å². The third-order valence-electron chi connectivity index (χ3n) is 4.40. The molecule has 0 bridgehead atoms. The normalized spacial score (nSPS) is 34.1. The molecular weight excluding hydrogens is 230 g/mol. The van der Waals surface area contributed by atoms with Crippen molar-refractivity contribution in [3.05, 3.63) is 0 Å². The van der Waals surface area contributed by atoms with E-state index in [9.17, 15) is 9.90 Å². The number of nitrogens with zero attached hydrogens (tertiary/aromatic N) is 1. The van der Waals surface area contributed by atoms with Gasteiger partial charge in [0.25, 0.3) is 0 Å². The summed E-state index contributed by atoms with van der Waals surface area (Å²) < 4.78 is 0. The van der Waals surface area contributed by atoms with Gasteiger partial charge in [-0.1, -0.05) is 12.8 Å². The molecule has 4 N–H and O–H groups in total. The molecule has 1 saturated carbocycles. The predicted octanol–water partition coefficient (Wildman–Crippen LogP) is -0.171. The number of rotatable bonds is 4. The van der Waals surface area contributed by atoms with Gasteiger partial charge in [-0.15, -0.1) is 0 Å².